The lowest BCUT2D eigenvalue weighted by Crippen LogP contribution is -2.37. The van der Waals surface area contributed by atoms with E-state index < -0.39 is 0 Å². The molecule has 1 aromatic rings. The predicted molar refractivity (Wildman–Crippen MR) is 101 cm³/mol. The van der Waals surface area contributed by atoms with E-state index in [-0.39, 0.29) is 5.91 Å². The molecule has 0 unspecified atom stereocenters. The minimum atomic E-state index is -0.0435. The summed E-state index contributed by atoms with van der Waals surface area (Å²) in [5.74, 6) is 1.53. The van der Waals surface area contributed by atoms with Crippen molar-refractivity contribution in [3.63, 3.8) is 0 Å². The van der Waals surface area contributed by atoms with Gasteiger partial charge in [0.15, 0.2) is 5.96 Å². The molecule has 0 aromatic heterocycles. The zero-order valence-corrected chi connectivity index (χ0v) is 15.3. The van der Waals surface area contributed by atoms with Crippen molar-refractivity contribution < 1.29 is 9.53 Å². The van der Waals surface area contributed by atoms with Crippen LogP contribution >= 0.6 is 0 Å². The largest absolute Gasteiger partial charge is 0.381 e. The Bertz CT molecular complexity index is 570. The zero-order chi connectivity index (χ0) is 17.9. The molecule has 0 heterocycles. The summed E-state index contributed by atoms with van der Waals surface area (Å²) in [6.07, 6.45) is 3.62. The highest BCUT2D eigenvalue weighted by molar-refractivity contribution is 5.94. The van der Waals surface area contributed by atoms with E-state index >= 15 is 0 Å². The van der Waals surface area contributed by atoms with Crippen molar-refractivity contribution in [2.75, 3.05) is 33.4 Å². The Balaban J connectivity index is 1.67. The molecule has 1 saturated carbocycles. The van der Waals surface area contributed by atoms with Gasteiger partial charge in [0.1, 0.15) is 0 Å². The van der Waals surface area contributed by atoms with E-state index in [0.29, 0.717) is 18.7 Å². The molecule has 25 heavy (non-hydrogen) atoms. The van der Waals surface area contributed by atoms with Crippen molar-refractivity contribution in [1.82, 2.24) is 16.0 Å². The molecule has 0 radical (unpaired) electrons. The van der Waals surface area contributed by atoms with E-state index in [1.807, 2.05) is 31.2 Å². The smallest absolute Gasteiger partial charge is 0.251 e. The second kappa shape index (κ2) is 10.7. The standard InChI is InChI=1S/C19H30N4O2/c1-3-21-18(24)17-7-4-6-16(12-17)13-23-19(20-2)22-10-5-11-25-14-15-8-9-15/h4,6-7,12,15H,3,5,8-11,13-14H2,1-2H3,(H,21,24)(H2,20,22,23). The molecule has 1 amide bonds. The van der Waals surface area contributed by atoms with Gasteiger partial charge in [-0.3, -0.25) is 9.79 Å². The highest BCUT2D eigenvalue weighted by Crippen LogP contribution is 2.28. The van der Waals surface area contributed by atoms with Gasteiger partial charge < -0.3 is 20.7 Å². The summed E-state index contributed by atoms with van der Waals surface area (Å²) in [4.78, 5) is 16.1. The van der Waals surface area contributed by atoms with Gasteiger partial charge >= 0.3 is 0 Å². The summed E-state index contributed by atoms with van der Waals surface area (Å²) < 4.78 is 5.62. The summed E-state index contributed by atoms with van der Waals surface area (Å²) >= 11 is 0. The minimum Gasteiger partial charge on any atom is -0.381 e. The van der Waals surface area contributed by atoms with Crippen LogP contribution in [0.4, 0.5) is 0 Å². The summed E-state index contributed by atoms with van der Waals surface area (Å²) in [5, 5.41) is 9.36. The highest BCUT2D eigenvalue weighted by Gasteiger charge is 2.20. The third-order valence-electron chi connectivity index (χ3n) is 4.02. The van der Waals surface area contributed by atoms with Crippen molar-refractivity contribution in [2.24, 2.45) is 10.9 Å². The summed E-state index contributed by atoms with van der Waals surface area (Å²) in [5.41, 5.74) is 1.72. The molecule has 1 aliphatic carbocycles. The summed E-state index contributed by atoms with van der Waals surface area (Å²) in [7, 11) is 1.75. The van der Waals surface area contributed by atoms with Crippen molar-refractivity contribution in [1.29, 1.82) is 0 Å². The molecular formula is C19H30N4O2. The number of rotatable bonds is 10. The first-order valence-corrected chi connectivity index (χ1v) is 9.12. The first-order chi connectivity index (χ1) is 12.2. The van der Waals surface area contributed by atoms with Crippen molar-refractivity contribution in [2.45, 2.75) is 32.7 Å². The Hall–Kier alpha value is -2.08. The van der Waals surface area contributed by atoms with Crippen LogP contribution in [0.25, 0.3) is 0 Å². The van der Waals surface area contributed by atoms with Gasteiger partial charge in [-0.2, -0.15) is 0 Å². The van der Waals surface area contributed by atoms with Gasteiger partial charge in [-0.1, -0.05) is 12.1 Å². The highest BCUT2D eigenvalue weighted by atomic mass is 16.5. The van der Waals surface area contributed by atoms with Crippen LogP contribution in [0.2, 0.25) is 0 Å². The Morgan fingerprint density at radius 3 is 2.84 bits per heavy atom. The molecule has 0 saturated heterocycles. The maximum Gasteiger partial charge on any atom is 0.251 e. The van der Waals surface area contributed by atoms with Crippen LogP contribution in [-0.4, -0.2) is 45.2 Å². The van der Waals surface area contributed by atoms with Crippen LogP contribution in [0.5, 0.6) is 0 Å². The van der Waals surface area contributed by atoms with Gasteiger partial charge in [0, 0.05) is 45.5 Å². The monoisotopic (exact) mass is 346 g/mol. The van der Waals surface area contributed by atoms with Crippen LogP contribution < -0.4 is 16.0 Å². The molecule has 1 aliphatic rings. The third kappa shape index (κ3) is 7.56. The number of guanidine groups is 1. The van der Waals surface area contributed by atoms with Crippen LogP contribution in [0.15, 0.2) is 29.3 Å². The average molecular weight is 346 g/mol. The maximum absolute atomic E-state index is 11.9. The van der Waals surface area contributed by atoms with Gasteiger partial charge in [-0.25, -0.2) is 0 Å². The molecule has 1 aromatic carbocycles. The van der Waals surface area contributed by atoms with Gasteiger partial charge in [-0.15, -0.1) is 0 Å². The molecule has 6 heteroatoms. The Morgan fingerprint density at radius 2 is 2.12 bits per heavy atom. The molecule has 1 fully saturated rings. The normalized spacial score (nSPS) is 14.2. The molecule has 0 aliphatic heterocycles. The molecular weight excluding hydrogens is 316 g/mol. The third-order valence-corrected chi connectivity index (χ3v) is 4.02. The van der Waals surface area contributed by atoms with Gasteiger partial charge in [0.25, 0.3) is 5.91 Å². The number of aliphatic imine (C=N–C) groups is 1. The number of amides is 1. The van der Waals surface area contributed by atoms with E-state index in [1.165, 1.54) is 12.8 Å². The summed E-state index contributed by atoms with van der Waals surface area (Å²) in [6, 6.07) is 7.61. The Morgan fingerprint density at radius 1 is 1.28 bits per heavy atom. The quantitative estimate of drug-likeness (QED) is 0.344. The number of carbonyl (C=O) groups is 1. The van der Waals surface area contributed by atoms with Crippen LogP contribution in [0.3, 0.4) is 0 Å². The van der Waals surface area contributed by atoms with E-state index in [4.69, 9.17) is 4.74 Å². The van der Waals surface area contributed by atoms with Crippen LogP contribution in [0, 0.1) is 5.92 Å². The zero-order valence-electron chi connectivity index (χ0n) is 15.3. The molecule has 0 spiro atoms. The molecule has 2 rings (SSSR count). The van der Waals surface area contributed by atoms with Gasteiger partial charge in [0.2, 0.25) is 0 Å². The van der Waals surface area contributed by atoms with Crippen LogP contribution in [-0.2, 0) is 11.3 Å². The lowest BCUT2D eigenvalue weighted by molar-refractivity contribution is 0.0955. The SMILES string of the molecule is CCNC(=O)c1cccc(CNC(=NC)NCCCOCC2CC2)c1. The van der Waals surface area contributed by atoms with Crippen molar-refractivity contribution in [3.8, 4) is 0 Å². The second-order valence-corrected chi connectivity index (χ2v) is 6.28. The van der Waals surface area contributed by atoms with Gasteiger partial charge in [0.05, 0.1) is 0 Å². The molecule has 138 valence electrons. The fourth-order valence-electron chi connectivity index (χ4n) is 2.41. The predicted octanol–water partition coefficient (Wildman–Crippen LogP) is 1.92. The molecule has 3 N–H and O–H groups in total. The average Bonchev–Trinajstić information content (AvgIpc) is 3.45. The molecule has 6 nitrogen and oxygen atoms in total. The topological polar surface area (TPSA) is 74.8 Å². The Labute approximate surface area is 150 Å². The second-order valence-electron chi connectivity index (χ2n) is 6.28. The molecule has 0 bridgehead atoms. The number of nitrogens with one attached hydrogen (secondary N) is 3. The number of hydrogen-bond acceptors (Lipinski definition) is 3. The lowest BCUT2D eigenvalue weighted by Gasteiger charge is -2.12. The number of carbonyl (C=O) groups excluding carboxylic acids is 1. The van der Waals surface area contributed by atoms with Crippen molar-refractivity contribution >= 4 is 11.9 Å². The number of hydrogen-bond donors (Lipinski definition) is 3. The first-order valence-electron chi connectivity index (χ1n) is 9.12. The fourth-order valence-corrected chi connectivity index (χ4v) is 2.41. The van der Waals surface area contributed by atoms with E-state index in [1.54, 1.807) is 7.05 Å². The lowest BCUT2D eigenvalue weighted by atomic mass is 10.1. The summed E-state index contributed by atoms with van der Waals surface area (Å²) in [6.45, 7) is 5.68. The maximum atomic E-state index is 11.9. The van der Waals surface area contributed by atoms with E-state index in [9.17, 15) is 4.79 Å². The van der Waals surface area contributed by atoms with Crippen LogP contribution in [0.1, 0.15) is 42.1 Å². The fraction of sp³-hybridized carbons (Fsp3) is 0.579. The number of ether oxygens (including phenoxy) is 1. The first kappa shape index (κ1) is 19.2. The van der Waals surface area contributed by atoms with Crippen molar-refractivity contribution in [3.05, 3.63) is 35.4 Å². The van der Waals surface area contributed by atoms with Gasteiger partial charge in [-0.05, 0) is 49.8 Å². The number of benzene rings is 1. The van der Waals surface area contributed by atoms with E-state index in [2.05, 4.69) is 20.9 Å². The van der Waals surface area contributed by atoms with E-state index in [0.717, 1.165) is 43.6 Å². The number of nitrogens with zero attached hydrogens (tertiary/aromatic N) is 1. The molecule has 0 atom stereocenters. The minimum absolute atomic E-state index is 0.0435. The Kier molecular flexibility index (Phi) is 8.25.